The number of carbonyl (C=O) groups is 2. The van der Waals surface area contributed by atoms with Gasteiger partial charge in [0.1, 0.15) is 0 Å². The molecule has 3 aromatic rings. The Morgan fingerprint density at radius 2 is 1.82 bits per heavy atom. The van der Waals surface area contributed by atoms with Crippen molar-refractivity contribution in [2.45, 2.75) is 11.8 Å². The van der Waals surface area contributed by atoms with Gasteiger partial charge in [-0.15, -0.1) is 0 Å². The van der Waals surface area contributed by atoms with Gasteiger partial charge in [-0.25, -0.2) is 0 Å². The molecule has 8 heteroatoms. The summed E-state index contributed by atoms with van der Waals surface area (Å²) in [6, 6.07) is 21.5. The Morgan fingerprint density at radius 1 is 1.03 bits per heavy atom. The second-order valence-electron chi connectivity index (χ2n) is 9.58. The van der Waals surface area contributed by atoms with Crippen molar-refractivity contribution in [3.05, 3.63) is 93.3 Å². The lowest BCUT2D eigenvalue weighted by atomic mass is 10.1. The molecule has 2 aliphatic rings. The van der Waals surface area contributed by atoms with Crippen LogP contribution in [0.1, 0.15) is 21.5 Å². The number of amides is 2. The van der Waals surface area contributed by atoms with Crippen molar-refractivity contribution in [1.82, 2.24) is 10.2 Å². The molecule has 2 aliphatic heterocycles. The number of hydrogen-bond donors (Lipinski definition) is 1. The van der Waals surface area contributed by atoms with Gasteiger partial charge in [0.15, 0.2) is 0 Å². The van der Waals surface area contributed by atoms with Crippen LogP contribution < -0.4 is 15.1 Å². The van der Waals surface area contributed by atoms with E-state index in [0.717, 1.165) is 65.1 Å². The fourth-order valence-electron chi connectivity index (χ4n) is 4.76. The van der Waals surface area contributed by atoms with Crippen LogP contribution in [0.25, 0.3) is 6.08 Å². The number of carbonyl (C=O) groups excluding carboxylic acids is 2. The summed E-state index contributed by atoms with van der Waals surface area (Å²) in [5.41, 5.74) is 4.61. The van der Waals surface area contributed by atoms with Crippen molar-refractivity contribution in [3.8, 4) is 0 Å². The SMILES string of the molecule is Cc1ccccc1/C=C1\Sc2ccc(C(=O)NCCN3CCN(c4cccc(Cl)c4)CC3)cc2N(C)C1=O. The van der Waals surface area contributed by atoms with Gasteiger partial charge in [-0.1, -0.05) is 53.7 Å². The first-order valence-electron chi connectivity index (χ1n) is 12.8. The van der Waals surface area contributed by atoms with Crippen LogP contribution in [-0.2, 0) is 4.79 Å². The molecule has 6 nitrogen and oxygen atoms in total. The fourth-order valence-corrected chi connectivity index (χ4v) is 6.03. The highest BCUT2D eigenvalue weighted by Gasteiger charge is 2.27. The maximum atomic E-state index is 13.1. The molecule has 0 aromatic heterocycles. The van der Waals surface area contributed by atoms with Gasteiger partial charge in [0.25, 0.3) is 11.8 Å². The minimum absolute atomic E-state index is 0.0692. The molecule has 0 spiro atoms. The van der Waals surface area contributed by atoms with Crippen molar-refractivity contribution in [1.29, 1.82) is 0 Å². The molecule has 196 valence electrons. The normalized spacial score (nSPS) is 17.0. The smallest absolute Gasteiger partial charge is 0.264 e. The molecule has 0 radical (unpaired) electrons. The zero-order chi connectivity index (χ0) is 26.6. The summed E-state index contributed by atoms with van der Waals surface area (Å²) in [4.78, 5) is 33.9. The Bertz CT molecular complexity index is 1380. The highest BCUT2D eigenvalue weighted by molar-refractivity contribution is 8.04. The van der Waals surface area contributed by atoms with E-state index in [1.807, 2.05) is 73.7 Å². The second kappa shape index (κ2) is 11.6. The van der Waals surface area contributed by atoms with E-state index >= 15 is 0 Å². The molecular weight excluding hydrogens is 516 g/mol. The Balaban J connectivity index is 1.16. The van der Waals surface area contributed by atoms with Gasteiger partial charge < -0.3 is 15.1 Å². The maximum Gasteiger partial charge on any atom is 0.264 e. The molecule has 0 atom stereocenters. The summed E-state index contributed by atoms with van der Waals surface area (Å²) in [7, 11) is 1.76. The van der Waals surface area contributed by atoms with E-state index in [-0.39, 0.29) is 11.8 Å². The Kier molecular flexibility index (Phi) is 8.07. The number of likely N-dealkylation sites (N-methyl/N-ethyl adjacent to an activating group) is 1. The lowest BCUT2D eigenvalue weighted by Crippen LogP contribution is -2.48. The highest BCUT2D eigenvalue weighted by atomic mass is 35.5. The Morgan fingerprint density at radius 3 is 2.58 bits per heavy atom. The third-order valence-corrected chi connectivity index (χ3v) is 8.36. The summed E-state index contributed by atoms with van der Waals surface area (Å²) in [6.45, 7) is 7.12. The first-order valence-corrected chi connectivity index (χ1v) is 14.0. The first-order chi connectivity index (χ1) is 18.4. The number of halogens is 1. The molecule has 1 N–H and O–H groups in total. The van der Waals surface area contributed by atoms with E-state index in [9.17, 15) is 9.59 Å². The van der Waals surface area contributed by atoms with Gasteiger partial charge in [0, 0.05) is 67.5 Å². The summed E-state index contributed by atoms with van der Waals surface area (Å²) in [5.74, 6) is -0.197. The Labute approximate surface area is 233 Å². The summed E-state index contributed by atoms with van der Waals surface area (Å²) >= 11 is 7.59. The third kappa shape index (κ3) is 5.90. The third-order valence-electron chi connectivity index (χ3n) is 7.05. The topological polar surface area (TPSA) is 55.9 Å². The quantitative estimate of drug-likeness (QED) is 0.425. The minimum Gasteiger partial charge on any atom is -0.369 e. The van der Waals surface area contributed by atoms with Crippen molar-refractivity contribution < 1.29 is 9.59 Å². The van der Waals surface area contributed by atoms with E-state index < -0.39 is 0 Å². The molecule has 0 aliphatic carbocycles. The van der Waals surface area contributed by atoms with E-state index in [2.05, 4.69) is 21.2 Å². The number of piperazine rings is 1. The molecule has 3 aromatic carbocycles. The zero-order valence-electron chi connectivity index (χ0n) is 21.6. The molecular formula is C30H31ClN4O2S. The fraction of sp³-hybridized carbons (Fsp3) is 0.267. The van der Waals surface area contributed by atoms with E-state index in [4.69, 9.17) is 11.6 Å². The van der Waals surface area contributed by atoms with Gasteiger partial charge in [-0.05, 0) is 60.5 Å². The van der Waals surface area contributed by atoms with Crippen LogP contribution in [0.4, 0.5) is 11.4 Å². The first kappa shape index (κ1) is 26.4. The van der Waals surface area contributed by atoms with Crippen LogP contribution in [0.3, 0.4) is 0 Å². The average Bonchev–Trinajstić information content (AvgIpc) is 2.93. The molecule has 0 unspecified atom stereocenters. The van der Waals surface area contributed by atoms with Crippen molar-refractivity contribution in [2.24, 2.45) is 0 Å². The number of hydrogen-bond acceptors (Lipinski definition) is 5. The molecule has 2 amide bonds. The zero-order valence-corrected chi connectivity index (χ0v) is 23.2. The van der Waals surface area contributed by atoms with Gasteiger partial charge in [0.05, 0.1) is 10.6 Å². The lowest BCUT2D eigenvalue weighted by molar-refractivity contribution is -0.114. The molecule has 0 saturated carbocycles. The Hall–Kier alpha value is -3.26. The van der Waals surface area contributed by atoms with Crippen LogP contribution >= 0.6 is 23.4 Å². The van der Waals surface area contributed by atoms with Crippen LogP contribution in [0, 0.1) is 6.92 Å². The van der Waals surface area contributed by atoms with E-state index in [1.165, 1.54) is 11.8 Å². The predicted molar refractivity (Wildman–Crippen MR) is 157 cm³/mol. The second-order valence-corrected chi connectivity index (χ2v) is 11.1. The maximum absolute atomic E-state index is 13.1. The molecule has 1 fully saturated rings. The van der Waals surface area contributed by atoms with E-state index in [0.29, 0.717) is 17.0 Å². The number of rotatable bonds is 6. The average molecular weight is 547 g/mol. The van der Waals surface area contributed by atoms with Crippen LogP contribution in [0.15, 0.2) is 76.5 Å². The molecule has 5 rings (SSSR count). The van der Waals surface area contributed by atoms with Gasteiger partial charge >= 0.3 is 0 Å². The predicted octanol–water partition coefficient (Wildman–Crippen LogP) is 5.31. The molecule has 1 saturated heterocycles. The summed E-state index contributed by atoms with van der Waals surface area (Å²) in [5, 5.41) is 3.80. The summed E-state index contributed by atoms with van der Waals surface area (Å²) < 4.78 is 0. The molecule has 2 heterocycles. The van der Waals surface area contributed by atoms with Crippen molar-refractivity contribution >= 4 is 52.6 Å². The number of nitrogens with zero attached hydrogens (tertiary/aromatic N) is 3. The number of fused-ring (bicyclic) bond motifs is 1. The van der Waals surface area contributed by atoms with Crippen molar-refractivity contribution in [2.75, 3.05) is 56.1 Å². The van der Waals surface area contributed by atoms with E-state index in [1.54, 1.807) is 11.9 Å². The standard InChI is InChI=1S/C30H31ClN4O2S/c1-21-6-3-4-7-22(21)19-28-30(37)33(2)26-18-23(10-11-27(26)38-28)29(36)32-12-13-34-14-16-35(17-15-34)25-9-5-8-24(31)20-25/h3-11,18-20H,12-17H2,1-2H3,(H,32,36)/b28-19-. The number of aryl methyl sites for hydroxylation is 1. The minimum atomic E-state index is -0.127. The number of benzene rings is 3. The highest BCUT2D eigenvalue weighted by Crippen LogP contribution is 2.42. The lowest BCUT2D eigenvalue weighted by Gasteiger charge is -2.36. The van der Waals surface area contributed by atoms with Gasteiger partial charge in [0.2, 0.25) is 0 Å². The number of nitrogens with one attached hydrogen (secondary N) is 1. The molecule has 38 heavy (non-hydrogen) atoms. The van der Waals surface area contributed by atoms with Crippen LogP contribution in [-0.4, -0.2) is 63.0 Å². The van der Waals surface area contributed by atoms with Crippen molar-refractivity contribution in [3.63, 3.8) is 0 Å². The monoisotopic (exact) mass is 546 g/mol. The molecule has 0 bridgehead atoms. The number of anilines is 2. The number of thioether (sulfide) groups is 1. The largest absolute Gasteiger partial charge is 0.369 e. The van der Waals surface area contributed by atoms with Crippen LogP contribution in [0.5, 0.6) is 0 Å². The summed E-state index contributed by atoms with van der Waals surface area (Å²) in [6.07, 6.45) is 1.94. The van der Waals surface area contributed by atoms with Gasteiger partial charge in [-0.3, -0.25) is 14.5 Å². The van der Waals surface area contributed by atoms with Gasteiger partial charge in [-0.2, -0.15) is 0 Å². The van der Waals surface area contributed by atoms with Crippen LogP contribution in [0.2, 0.25) is 5.02 Å².